The normalized spacial score (nSPS) is 10.5. The topological polar surface area (TPSA) is 21.3 Å². The summed E-state index contributed by atoms with van der Waals surface area (Å²) in [5.74, 6) is 0.865. The third-order valence-corrected chi connectivity index (χ3v) is 3.98. The molecule has 0 unspecified atom stereocenters. The molecule has 1 aromatic heterocycles. The molecule has 0 aliphatic rings. The highest BCUT2D eigenvalue weighted by Gasteiger charge is 2.12. The number of benzene rings is 1. The number of methoxy groups -OCH3 is 1. The van der Waals surface area contributed by atoms with E-state index < -0.39 is 0 Å². The molecule has 2 nitrogen and oxygen atoms in total. The predicted molar refractivity (Wildman–Crippen MR) is 86.3 cm³/mol. The van der Waals surface area contributed by atoms with Crippen molar-refractivity contribution in [1.82, 2.24) is 5.32 Å². The maximum absolute atomic E-state index is 5.46. The summed E-state index contributed by atoms with van der Waals surface area (Å²) in [6, 6.07) is 10.5. The zero-order valence-electron chi connectivity index (χ0n) is 11.3. The average molecular weight is 291 g/mol. The van der Waals surface area contributed by atoms with Crippen molar-refractivity contribution in [3.8, 4) is 16.2 Å². The van der Waals surface area contributed by atoms with E-state index in [1.54, 1.807) is 18.4 Å². The van der Waals surface area contributed by atoms with Gasteiger partial charge in [-0.05, 0) is 55.1 Å². The number of hydrogen-bond acceptors (Lipinski definition) is 3. The minimum Gasteiger partial charge on any atom is -0.497 e. The third kappa shape index (κ3) is 3.33. The van der Waals surface area contributed by atoms with Gasteiger partial charge in [-0.15, -0.1) is 11.3 Å². The summed E-state index contributed by atoms with van der Waals surface area (Å²) in [6.07, 6.45) is 0. The van der Waals surface area contributed by atoms with Crippen molar-refractivity contribution < 1.29 is 4.74 Å². The van der Waals surface area contributed by atoms with Gasteiger partial charge in [-0.25, -0.2) is 0 Å². The first-order chi connectivity index (χ1) is 9.11. The molecule has 0 aliphatic carbocycles. The lowest BCUT2D eigenvalue weighted by Crippen LogP contribution is -2.29. The Balaban J connectivity index is 2.30. The quantitative estimate of drug-likeness (QED) is 0.857. The second-order valence-electron chi connectivity index (χ2n) is 4.52. The second kappa shape index (κ2) is 6.17. The van der Waals surface area contributed by atoms with Gasteiger partial charge in [-0.2, -0.15) is 0 Å². The van der Waals surface area contributed by atoms with Crippen LogP contribution in [0.4, 0.5) is 0 Å². The van der Waals surface area contributed by atoms with Crippen molar-refractivity contribution >= 4 is 28.5 Å². The molecule has 1 aromatic carbocycles. The van der Waals surface area contributed by atoms with Crippen LogP contribution in [0.25, 0.3) is 10.4 Å². The maximum atomic E-state index is 5.46. The molecule has 100 valence electrons. The maximum Gasteiger partial charge on any atom is 0.118 e. The van der Waals surface area contributed by atoms with Gasteiger partial charge >= 0.3 is 0 Å². The Labute approximate surface area is 123 Å². The number of nitrogens with one attached hydrogen (secondary N) is 1. The smallest absolute Gasteiger partial charge is 0.118 e. The Kier molecular flexibility index (Phi) is 4.56. The minimum absolute atomic E-state index is 0.344. The van der Waals surface area contributed by atoms with Gasteiger partial charge in [0.05, 0.1) is 7.11 Å². The molecule has 0 bridgehead atoms. The first-order valence-corrected chi connectivity index (χ1v) is 7.43. The molecule has 0 saturated heterocycles. The summed E-state index contributed by atoms with van der Waals surface area (Å²) in [6.45, 7) is 4.18. The van der Waals surface area contributed by atoms with Crippen molar-refractivity contribution in [3.05, 3.63) is 41.3 Å². The van der Waals surface area contributed by atoms with Crippen LogP contribution in [-0.4, -0.2) is 18.1 Å². The Morgan fingerprint density at radius 3 is 2.47 bits per heavy atom. The molecule has 1 N–H and O–H groups in total. The number of rotatable bonds is 4. The monoisotopic (exact) mass is 291 g/mol. The fourth-order valence-electron chi connectivity index (χ4n) is 1.79. The lowest BCUT2D eigenvalue weighted by Gasteiger charge is -2.12. The highest BCUT2D eigenvalue weighted by Crippen LogP contribution is 2.31. The number of hydrogen-bond donors (Lipinski definition) is 1. The molecule has 0 fully saturated rings. The molecule has 0 atom stereocenters. The van der Waals surface area contributed by atoms with Crippen molar-refractivity contribution in [2.75, 3.05) is 7.11 Å². The largest absolute Gasteiger partial charge is 0.497 e. The van der Waals surface area contributed by atoms with Crippen molar-refractivity contribution in [1.29, 1.82) is 0 Å². The highest BCUT2D eigenvalue weighted by atomic mass is 32.1. The van der Waals surface area contributed by atoms with Crippen molar-refractivity contribution in [3.63, 3.8) is 0 Å². The Hall–Kier alpha value is -1.39. The van der Waals surface area contributed by atoms with Crippen LogP contribution in [0, 0.1) is 0 Å². The van der Waals surface area contributed by atoms with Gasteiger partial charge in [-0.3, -0.25) is 0 Å². The van der Waals surface area contributed by atoms with Crippen LogP contribution in [0.5, 0.6) is 5.75 Å². The molecule has 1 heterocycles. The molecule has 0 amide bonds. The van der Waals surface area contributed by atoms with Crippen LogP contribution in [-0.2, 0) is 0 Å². The molecular formula is C15H17NOS2. The minimum atomic E-state index is 0.344. The fraction of sp³-hybridized carbons (Fsp3) is 0.267. The zero-order chi connectivity index (χ0) is 13.8. The summed E-state index contributed by atoms with van der Waals surface area (Å²) < 4.78 is 5.18. The van der Waals surface area contributed by atoms with Gasteiger partial charge in [0.1, 0.15) is 10.7 Å². The van der Waals surface area contributed by atoms with Crippen LogP contribution < -0.4 is 10.1 Å². The molecule has 0 spiro atoms. The van der Waals surface area contributed by atoms with E-state index >= 15 is 0 Å². The second-order valence-corrected chi connectivity index (χ2v) is 5.84. The van der Waals surface area contributed by atoms with E-state index in [0.29, 0.717) is 6.04 Å². The molecule has 4 heteroatoms. The number of ether oxygens (including phenoxy) is 1. The number of thiophene rings is 1. The van der Waals surface area contributed by atoms with Crippen LogP contribution >= 0.6 is 23.6 Å². The summed E-state index contributed by atoms with van der Waals surface area (Å²) in [4.78, 5) is 2.00. The molecule has 2 aromatic rings. The number of thiocarbonyl (C=S) groups is 1. The SMILES string of the molecule is COc1ccc(-c2sccc2C(=S)NC(C)C)cc1. The Morgan fingerprint density at radius 1 is 1.21 bits per heavy atom. The fourth-order valence-corrected chi connectivity index (χ4v) is 3.17. The van der Waals surface area contributed by atoms with E-state index in [2.05, 4.69) is 42.7 Å². The van der Waals surface area contributed by atoms with Crippen LogP contribution in [0.15, 0.2) is 35.7 Å². The first kappa shape index (κ1) is 14.0. The van der Waals surface area contributed by atoms with Crippen molar-refractivity contribution in [2.24, 2.45) is 0 Å². The first-order valence-electron chi connectivity index (χ1n) is 6.14. The van der Waals surface area contributed by atoms with Gasteiger partial charge in [-0.1, -0.05) is 12.2 Å². The lowest BCUT2D eigenvalue weighted by atomic mass is 10.1. The Morgan fingerprint density at radius 2 is 1.89 bits per heavy atom. The van der Waals surface area contributed by atoms with E-state index in [0.717, 1.165) is 16.3 Å². The van der Waals surface area contributed by atoms with E-state index in [4.69, 9.17) is 17.0 Å². The standard InChI is InChI=1S/C15H17NOS2/c1-10(2)16-15(18)13-8-9-19-14(13)11-4-6-12(17-3)7-5-11/h4-10H,1-3H3,(H,16,18). The molecule has 19 heavy (non-hydrogen) atoms. The van der Waals surface area contributed by atoms with Crippen molar-refractivity contribution in [2.45, 2.75) is 19.9 Å². The highest BCUT2D eigenvalue weighted by molar-refractivity contribution is 7.80. The predicted octanol–water partition coefficient (Wildman–Crippen LogP) is 4.10. The summed E-state index contributed by atoms with van der Waals surface area (Å²) in [5.41, 5.74) is 2.26. The van der Waals surface area contributed by atoms with Gasteiger partial charge < -0.3 is 10.1 Å². The van der Waals surface area contributed by atoms with Gasteiger partial charge in [0, 0.05) is 16.5 Å². The summed E-state index contributed by atoms with van der Waals surface area (Å²) in [5, 5.41) is 5.36. The third-order valence-electron chi connectivity index (χ3n) is 2.68. The van der Waals surface area contributed by atoms with E-state index in [9.17, 15) is 0 Å². The van der Waals surface area contributed by atoms with Gasteiger partial charge in [0.2, 0.25) is 0 Å². The lowest BCUT2D eigenvalue weighted by molar-refractivity contribution is 0.415. The summed E-state index contributed by atoms with van der Waals surface area (Å²) >= 11 is 7.16. The molecular weight excluding hydrogens is 274 g/mol. The molecule has 0 aliphatic heterocycles. The molecule has 0 saturated carbocycles. The van der Waals surface area contributed by atoms with Crippen LogP contribution in [0.3, 0.4) is 0 Å². The molecule has 2 rings (SSSR count). The average Bonchev–Trinajstić information content (AvgIpc) is 2.87. The molecule has 0 radical (unpaired) electrons. The van der Waals surface area contributed by atoms with E-state index in [1.807, 2.05) is 12.1 Å². The van der Waals surface area contributed by atoms with Crippen LogP contribution in [0.2, 0.25) is 0 Å². The van der Waals surface area contributed by atoms with Crippen LogP contribution in [0.1, 0.15) is 19.4 Å². The van der Waals surface area contributed by atoms with E-state index in [-0.39, 0.29) is 0 Å². The summed E-state index contributed by atoms with van der Waals surface area (Å²) in [7, 11) is 1.67. The zero-order valence-corrected chi connectivity index (χ0v) is 12.9. The van der Waals surface area contributed by atoms with Gasteiger partial charge in [0.25, 0.3) is 0 Å². The Bertz CT molecular complexity index is 558. The van der Waals surface area contributed by atoms with E-state index in [1.165, 1.54) is 10.4 Å². The van der Waals surface area contributed by atoms with Gasteiger partial charge in [0.15, 0.2) is 0 Å².